The summed E-state index contributed by atoms with van der Waals surface area (Å²) in [6.45, 7) is 9.96. The zero-order chi connectivity index (χ0) is 30.4. The maximum absolute atomic E-state index is 14.5. The van der Waals surface area contributed by atoms with Crippen molar-refractivity contribution in [3.8, 4) is 34.0 Å². The Kier molecular flexibility index (Phi) is 5.19. The summed E-state index contributed by atoms with van der Waals surface area (Å²) >= 11 is 0. The van der Waals surface area contributed by atoms with Crippen molar-refractivity contribution in [3.63, 3.8) is 0 Å². The molecule has 208 valence electrons. The molecule has 0 amide bonds. The first kappa shape index (κ1) is 25.4. The van der Waals surface area contributed by atoms with Gasteiger partial charge in [0.1, 0.15) is 5.82 Å². The van der Waals surface area contributed by atoms with Crippen molar-refractivity contribution in [3.05, 3.63) is 138 Å². The molecule has 6 heteroatoms. The normalized spacial score (nSPS) is 12.3. The van der Waals surface area contributed by atoms with Crippen LogP contribution in [0, 0.1) is 30.6 Å². The molecule has 0 saturated heterocycles. The van der Waals surface area contributed by atoms with Gasteiger partial charge >= 0.3 is 0 Å². The van der Waals surface area contributed by atoms with Crippen molar-refractivity contribution in [1.82, 2.24) is 4.57 Å². The number of aryl methyl sites for hydroxylation is 1. The summed E-state index contributed by atoms with van der Waals surface area (Å²) in [4.78, 5) is 3.66. The van der Waals surface area contributed by atoms with E-state index >= 15 is 0 Å². The fourth-order valence-electron chi connectivity index (χ4n) is 7.64. The van der Waals surface area contributed by atoms with Gasteiger partial charge in [-0.3, -0.25) is 0 Å². The van der Waals surface area contributed by atoms with E-state index in [0.717, 1.165) is 50.1 Å². The Labute approximate surface area is 259 Å². The van der Waals surface area contributed by atoms with Gasteiger partial charge in [-0.25, -0.2) is 9.24 Å². The Morgan fingerprint density at radius 2 is 1.60 bits per heavy atom. The van der Waals surface area contributed by atoms with Crippen LogP contribution in [0.1, 0.15) is 11.1 Å². The van der Waals surface area contributed by atoms with Gasteiger partial charge in [0.15, 0.2) is 5.69 Å². The van der Waals surface area contributed by atoms with Gasteiger partial charge in [0.25, 0.3) is 6.71 Å². The van der Waals surface area contributed by atoms with Gasteiger partial charge in [0.2, 0.25) is 0 Å². The molecule has 6 aromatic carbocycles. The molecule has 0 saturated carbocycles. The highest BCUT2D eigenvalue weighted by molar-refractivity contribution is 7.00. The van der Waals surface area contributed by atoms with Crippen molar-refractivity contribution >= 4 is 62.0 Å². The highest BCUT2D eigenvalue weighted by atomic mass is 19.1. The Morgan fingerprint density at radius 3 is 2.44 bits per heavy atom. The van der Waals surface area contributed by atoms with E-state index in [-0.39, 0.29) is 18.0 Å². The second kappa shape index (κ2) is 9.20. The first-order valence-electron chi connectivity index (χ1n) is 14.8. The van der Waals surface area contributed by atoms with E-state index in [4.69, 9.17) is 6.57 Å². The van der Waals surface area contributed by atoms with Crippen LogP contribution < -0.4 is 21.7 Å². The molecular weight excluding hydrogens is 554 g/mol. The Balaban J connectivity index is 1.44. The number of hydrogen-bond acceptors (Lipinski definition) is 2. The van der Waals surface area contributed by atoms with Crippen LogP contribution in [0.2, 0.25) is 0 Å². The summed E-state index contributed by atoms with van der Waals surface area (Å²) in [6, 6.07) is 38.6. The van der Waals surface area contributed by atoms with E-state index in [0.29, 0.717) is 11.1 Å². The van der Waals surface area contributed by atoms with E-state index in [1.807, 2.05) is 6.07 Å². The summed E-state index contributed by atoms with van der Waals surface area (Å²) in [7, 11) is 0. The molecular formula is C39H22BFN4. The van der Waals surface area contributed by atoms with Gasteiger partial charge in [-0.05, 0) is 70.3 Å². The second-order valence-electron chi connectivity index (χ2n) is 11.8. The molecule has 0 bridgehead atoms. The molecule has 7 aromatic rings. The molecule has 0 spiro atoms. The van der Waals surface area contributed by atoms with Crippen LogP contribution in [0.15, 0.2) is 109 Å². The quantitative estimate of drug-likeness (QED) is 0.168. The van der Waals surface area contributed by atoms with E-state index in [1.165, 1.54) is 34.0 Å². The fraction of sp³-hybridized carbons (Fsp3) is 0.0256. The average Bonchev–Trinajstić information content (AvgIpc) is 3.41. The van der Waals surface area contributed by atoms with Gasteiger partial charge in [0, 0.05) is 44.5 Å². The molecule has 1 aromatic heterocycles. The molecule has 0 fully saturated rings. The minimum absolute atomic E-state index is 0.0474. The van der Waals surface area contributed by atoms with E-state index in [2.05, 4.69) is 119 Å². The standard InChI is InChI=1S/C39H22BFN4/c1-22-9-3-4-10-26(22)28-12-7-14-30-38(28)44-33-18-23(36-24(21-42)17-25(41)20-32(36)43-2)19-35-37(33)40(30)31-15-8-13-29-27-11-5-6-16-34(27)45(35)39(29)31/h3-20,44H,1H3. The molecule has 2 aliphatic heterocycles. The van der Waals surface area contributed by atoms with Crippen LogP contribution in [-0.4, -0.2) is 11.3 Å². The molecule has 4 nitrogen and oxygen atoms in total. The highest BCUT2D eigenvalue weighted by Gasteiger charge is 2.40. The summed E-state index contributed by atoms with van der Waals surface area (Å²) in [6.07, 6.45) is 0. The number of nitriles is 1. The number of benzene rings is 6. The number of hydrogen-bond donors (Lipinski definition) is 1. The van der Waals surface area contributed by atoms with Gasteiger partial charge in [-0.1, -0.05) is 78.9 Å². The van der Waals surface area contributed by atoms with Crippen molar-refractivity contribution in [2.75, 3.05) is 5.32 Å². The average molecular weight is 576 g/mol. The first-order chi connectivity index (χ1) is 22.1. The smallest absolute Gasteiger partial charge is 0.252 e. The van der Waals surface area contributed by atoms with Gasteiger partial charge in [0.05, 0.1) is 23.7 Å². The van der Waals surface area contributed by atoms with Gasteiger partial charge < -0.3 is 9.88 Å². The maximum atomic E-state index is 14.5. The van der Waals surface area contributed by atoms with Crippen LogP contribution >= 0.6 is 0 Å². The predicted molar refractivity (Wildman–Crippen MR) is 182 cm³/mol. The Bertz CT molecular complexity index is 2500. The van der Waals surface area contributed by atoms with Crippen molar-refractivity contribution in [1.29, 1.82) is 5.26 Å². The fourth-order valence-corrected chi connectivity index (χ4v) is 7.64. The van der Waals surface area contributed by atoms with E-state index < -0.39 is 5.82 Å². The lowest BCUT2D eigenvalue weighted by Gasteiger charge is -2.36. The van der Waals surface area contributed by atoms with E-state index in [9.17, 15) is 9.65 Å². The summed E-state index contributed by atoms with van der Waals surface area (Å²) in [5.41, 5.74) is 13.6. The topological polar surface area (TPSA) is 45.1 Å². The maximum Gasteiger partial charge on any atom is 0.252 e. The molecule has 0 atom stereocenters. The third kappa shape index (κ3) is 3.40. The number of aromatic nitrogens is 1. The van der Waals surface area contributed by atoms with Crippen LogP contribution in [0.3, 0.4) is 0 Å². The SMILES string of the molecule is [C-]#[N+]c1cc(F)cc(C#N)c1-c1cc2c3c(c1)-n1c4ccccc4c4cccc(c41)B3c1cccc(-c3ccccc3C)c1N2. The molecule has 45 heavy (non-hydrogen) atoms. The Hall–Kier alpha value is -6.11. The van der Waals surface area contributed by atoms with E-state index in [1.54, 1.807) is 0 Å². The number of halogens is 1. The van der Waals surface area contributed by atoms with Crippen molar-refractivity contribution in [2.45, 2.75) is 6.92 Å². The number of para-hydroxylation sites is 3. The predicted octanol–water partition coefficient (Wildman–Crippen LogP) is 7.87. The lowest BCUT2D eigenvalue weighted by atomic mass is 9.34. The number of fused-ring (bicyclic) bond motifs is 7. The monoisotopic (exact) mass is 576 g/mol. The van der Waals surface area contributed by atoms with Crippen LogP contribution in [-0.2, 0) is 0 Å². The number of anilines is 2. The van der Waals surface area contributed by atoms with Crippen LogP contribution in [0.5, 0.6) is 0 Å². The summed E-state index contributed by atoms with van der Waals surface area (Å²) in [5, 5.41) is 16.2. The minimum atomic E-state index is -0.595. The van der Waals surface area contributed by atoms with Crippen molar-refractivity contribution < 1.29 is 4.39 Å². The molecule has 3 heterocycles. The highest BCUT2D eigenvalue weighted by Crippen LogP contribution is 2.43. The summed E-state index contributed by atoms with van der Waals surface area (Å²) in [5.74, 6) is -0.595. The molecule has 1 N–H and O–H groups in total. The van der Waals surface area contributed by atoms with Gasteiger partial charge in [-0.2, -0.15) is 5.26 Å². The van der Waals surface area contributed by atoms with Crippen molar-refractivity contribution in [2.24, 2.45) is 0 Å². The molecule has 9 rings (SSSR count). The van der Waals surface area contributed by atoms with Crippen LogP contribution in [0.4, 0.5) is 21.5 Å². The molecule has 0 unspecified atom stereocenters. The number of nitrogens with one attached hydrogen (secondary N) is 1. The third-order valence-corrected chi connectivity index (χ3v) is 9.44. The third-order valence-electron chi connectivity index (χ3n) is 9.44. The molecule has 0 radical (unpaired) electrons. The molecule has 0 aliphatic carbocycles. The zero-order valence-corrected chi connectivity index (χ0v) is 24.2. The molecule has 2 aliphatic rings. The lowest BCUT2D eigenvalue weighted by molar-refractivity contribution is 0.628. The number of rotatable bonds is 2. The second-order valence-corrected chi connectivity index (χ2v) is 11.8. The minimum Gasteiger partial charge on any atom is -0.356 e. The lowest BCUT2D eigenvalue weighted by Crippen LogP contribution is -2.59. The zero-order valence-electron chi connectivity index (χ0n) is 24.2. The summed E-state index contributed by atoms with van der Waals surface area (Å²) < 4.78 is 16.8. The Morgan fingerprint density at radius 1 is 0.844 bits per heavy atom. The van der Waals surface area contributed by atoms with Gasteiger partial charge in [-0.15, -0.1) is 0 Å². The number of nitrogens with zero attached hydrogens (tertiary/aromatic N) is 3. The largest absolute Gasteiger partial charge is 0.356 e. The van der Waals surface area contributed by atoms with Crippen LogP contribution in [0.25, 0.3) is 54.6 Å². The first-order valence-corrected chi connectivity index (χ1v) is 14.8.